The van der Waals surface area contributed by atoms with Crippen LogP contribution < -0.4 is 10.5 Å². The molecule has 0 amide bonds. The van der Waals surface area contributed by atoms with E-state index in [-0.39, 0.29) is 5.95 Å². The van der Waals surface area contributed by atoms with Crippen LogP contribution in [0.25, 0.3) is 5.69 Å². The summed E-state index contributed by atoms with van der Waals surface area (Å²) < 4.78 is 7.42. The Labute approximate surface area is 101 Å². The Morgan fingerprint density at radius 3 is 2.94 bits per heavy atom. The van der Waals surface area contributed by atoms with E-state index in [1.54, 1.807) is 17.1 Å². The van der Waals surface area contributed by atoms with Crippen molar-refractivity contribution in [2.45, 2.75) is 6.92 Å². The minimum Gasteiger partial charge on any atom is -0.492 e. The number of hydrogen-bond donors (Lipinski definition) is 1. The van der Waals surface area contributed by atoms with Crippen molar-refractivity contribution < 1.29 is 4.74 Å². The van der Waals surface area contributed by atoms with Crippen molar-refractivity contribution in [2.24, 2.45) is 0 Å². The Bertz CT molecular complexity index is 498. The molecule has 84 valence electrons. The molecule has 16 heavy (non-hydrogen) atoms. The van der Waals surface area contributed by atoms with Crippen molar-refractivity contribution in [1.29, 1.82) is 0 Å². The van der Waals surface area contributed by atoms with E-state index in [2.05, 4.69) is 31.0 Å². The lowest BCUT2D eigenvalue weighted by Crippen LogP contribution is -2.00. The van der Waals surface area contributed by atoms with Gasteiger partial charge in [-0.05, 0) is 22.9 Å². The number of halogens is 1. The molecule has 2 aromatic rings. The number of nitrogens with zero attached hydrogens (tertiary/aromatic N) is 4. The molecule has 0 bridgehead atoms. The first-order chi connectivity index (χ1) is 7.70. The smallest absolute Gasteiger partial charge is 0.240 e. The normalized spacial score (nSPS) is 10.4. The summed E-state index contributed by atoms with van der Waals surface area (Å²) in [6, 6.07) is 1.81. The average molecular weight is 284 g/mol. The molecule has 0 aliphatic heterocycles. The summed E-state index contributed by atoms with van der Waals surface area (Å²) in [7, 11) is 0. The summed E-state index contributed by atoms with van der Waals surface area (Å²) in [4.78, 5) is 8.00. The standard InChI is InChI=1S/C9H10BrN5O/c1-2-16-7-3-6(4-12-5-7)15-8(10)13-9(11)14-15/h3-5H,2H2,1H3,(H2,11,14). The van der Waals surface area contributed by atoms with E-state index in [4.69, 9.17) is 10.5 Å². The Balaban J connectivity index is 2.40. The van der Waals surface area contributed by atoms with Crippen LogP contribution >= 0.6 is 15.9 Å². The van der Waals surface area contributed by atoms with Crippen LogP contribution in [0.3, 0.4) is 0 Å². The van der Waals surface area contributed by atoms with Crippen LogP contribution in [0.15, 0.2) is 23.2 Å². The maximum absolute atomic E-state index is 5.49. The maximum atomic E-state index is 5.49. The van der Waals surface area contributed by atoms with Gasteiger partial charge in [-0.25, -0.2) is 4.68 Å². The van der Waals surface area contributed by atoms with Crippen molar-refractivity contribution in [3.8, 4) is 11.4 Å². The highest BCUT2D eigenvalue weighted by molar-refractivity contribution is 9.10. The minimum atomic E-state index is 0.202. The second-order valence-corrected chi connectivity index (χ2v) is 3.67. The zero-order valence-electron chi connectivity index (χ0n) is 8.59. The fourth-order valence-corrected chi connectivity index (χ4v) is 1.71. The lowest BCUT2D eigenvalue weighted by Gasteiger charge is -2.05. The third kappa shape index (κ3) is 2.13. The van der Waals surface area contributed by atoms with Gasteiger partial charge in [0.05, 0.1) is 24.7 Å². The van der Waals surface area contributed by atoms with Crippen LogP contribution in [0.5, 0.6) is 5.75 Å². The molecule has 0 spiro atoms. The Hall–Kier alpha value is -1.63. The zero-order valence-corrected chi connectivity index (χ0v) is 10.2. The average Bonchev–Trinajstić information content (AvgIpc) is 2.59. The SMILES string of the molecule is CCOc1cncc(-n2nc(N)nc2Br)c1. The number of nitrogens with two attached hydrogens (primary N) is 1. The van der Waals surface area contributed by atoms with Gasteiger partial charge in [0.1, 0.15) is 5.75 Å². The molecule has 0 unspecified atom stereocenters. The fourth-order valence-electron chi connectivity index (χ4n) is 1.24. The quantitative estimate of drug-likeness (QED) is 0.921. The van der Waals surface area contributed by atoms with Crippen molar-refractivity contribution in [3.63, 3.8) is 0 Å². The number of pyridine rings is 1. The predicted octanol–water partition coefficient (Wildman–Crippen LogP) is 1.41. The molecule has 6 nitrogen and oxygen atoms in total. The summed E-state index contributed by atoms with van der Waals surface area (Å²) in [5, 5.41) is 4.02. The molecule has 2 aromatic heterocycles. The molecule has 2 rings (SSSR count). The van der Waals surface area contributed by atoms with Crippen LogP contribution in [0.1, 0.15) is 6.92 Å². The lowest BCUT2D eigenvalue weighted by molar-refractivity contribution is 0.338. The van der Waals surface area contributed by atoms with Crippen molar-refractivity contribution in [2.75, 3.05) is 12.3 Å². The van der Waals surface area contributed by atoms with Crippen LogP contribution in [-0.2, 0) is 0 Å². The first kappa shape index (κ1) is 10.9. The maximum Gasteiger partial charge on any atom is 0.240 e. The Kier molecular flexibility index (Phi) is 3.04. The van der Waals surface area contributed by atoms with E-state index in [1.807, 2.05) is 13.0 Å². The van der Waals surface area contributed by atoms with Gasteiger partial charge in [0, 0.05) is 6.07 Å². The van der Waals surface area contributed by atoms with Crippen LogP contribution in [0.4, 0.5) is 5.95 Å². The summed E-state index contributed by atoms with van der Waals surface area (Å²) >= 11 is 3.26. The summed E-state index contributed by atoms with van der Waals surface area (Å²) in [6.07, 6.45) is 3.29. The van der Waals surface area contributed by atoms with Crippen LogP contribution in [0, 0.1) is 0 Å². The van der Waals surface area contributed by atoms with Gasteiger partial charge in [-0.2, -0.15) is 4.98 Å². The van der Waals surface area contributed by atoms with E-state index in [0.29, 0.717) is 17.1 Å². The molecule has 2 heterocycles. The second kappa shape index (κ2) is 4.48. The molecule has 7 heteroatoms. The molecule has 0 atom stereocenters. The summed E-state index contributed by atoms with van der Waals surface area (Å²) in [5.41, 5.74) is 6.23. The number of nitrogen functional groups attached to an aromatic ring is 1. The van der Waals surface area contributed by atoms with Crippen LogP contribution in [0.2, 0.25) is 0 Å². The number of hydrogen-bond acceptors (Lipinski definition) is 5. The molecular formula is C9H10BrN5O. The number of rotatable bonds is 3. The summed E-state index contributed by atoms with van der Waals surface area (Å²) in [6.45, 7) is 2.50. The monoisotopic (exact) mass is 283 g/mol. The highest BCUT2D eigenvalue weighted by atomic mass is 79.9. The van der Waals surface area contributed by atoms with E-state index in [9.17, 15) is 0 Å². The molecule has 0 saturated carbocycles. The molecule has 0 saturated heterocycles. The van der Waals surface area contributed by atoms with Gasteiger partial charge in [-0.15, -0.1) is 5.10 Å². The van der Waals surface area contributed by atoms with Crippen LogP contribution in [-0.4, -0.2) is 26.4 Å². The first-order valence-electron chi connectivity index (χ1n) is 4.67. The minimum absolute atomic E-state index is 0.202. The number of aromatic nitrogens is 4. The number of ether oxygens (including phenoxy) is 1. The summed E-state index contributed by atoms with van der Waals surface area (Å²) in [5.74, 6) is 0.884. The second-order valence-electron chi connectivity index (χ2n) is 2.96. The van der Waals surface area contributed by atoms with Crippen molar-refractivity contribution >= 4 is 21.9 Å². The molecule has 0 radical (unpaired) electrons. The van der Waals surface area contributed by atoms with E-state index >= 15 is 0 Å². The highest BCUT2D eigenvalue weighted by Crippen LogP contribution is 2.18. The fraction of sp³-hybridized carbons (Fsp3) is 0.222. The van der Waals surface area contributed by atoms with E-state index < -0.39 is 0 Å². The lowest BCUT2D eigenvalue weighted by atomic mass is 10.4. The Morgan fingerprint density at radius 1 is 1.50 bits per heavy atom. The molecule has 0 aliphatic carbocycles. The predicted molar refractivity (Wildman–Crippen MR) is 62.4 cm³/mol. The van der Waals surface area contributed by atoms with Gasteiger partial charge >= 0.3 is 0 Å². The van der Waals surface area contributed by atoms with Crippen molar-refractivity contribution in [1.82, 2.24) is 19.7 Å². The third-order valence-corrected chi connectivity index (χ3v) is 2.35. The molecule has 2 N–H and O–H groups in total. The van der Waals surface area contributed by atoms with Gasteiger partial charge in [0.2, 0.25) is 10.7 Å². The Morgan fingerprint density at radius 2 is 2.31 bits per heavy atom. The van der Waals surface area contributed by atoms with Gasteiger partial charge in [0.25, 0.3) is 0 Å². The van der Waals surface area contributed by atoms with E-state index in [0.717, 1.165) is 5.69 Å². The van der Waals surface area contributed by atoms with Gasteiger partial charge < -0.3 is 10.5 Å². The highest BCUT2D eigenvalue weighted by Gasteiger charge is 2.08. The molecule has 0 aromatic carbocycles. The molecule has 0 aliphatic rings. The molecule has 0 fully saturated rings. The van der Waals surface area contributed by atoms with E-state index in [1.165, 1.54) is 0 Å². The first-order valence-corrected chi connectivity index (χ1v) is 5.46. The zero-order chi connectivity index (χ0) is 11.5. The molecular weight excluding hydrogens is 274 g/mol. The topological polar surface area (TPSA) is 78.8 Å². The largest absolute Gasteiger partial charge is 0.492 e. The van der Waals surface area contributed by atoms with Gasteiger partial charge in [-0.1, -0.05) is 0 Å². The van der Waals surface area contributed by atoms with Gasteiger partial charge in [-0.3, -0.25) is 4.98 Å². The van der Waals surface area contributed by atoms with Crippen molar-refractivity contribution in [3.05, 3.63) is 23.2 Å². The number of anilines is 1. The van der Waals surface area contributed by atoms with Gasteiger partial charge in [0.15, 0.2) is 0 Å². The third-order valence-electron chi connectivity index (χ3n) is 1.84.